The van der Waals surface area contributed by atoms with E-state index in [1.807, 2.05) is 12.3 Å². The molecule has 0 bridgehead atoms. The van der Waals surface area contributed by atoms with Crippen molar-refractivity contribution in [2.45, 2.75) is 13.1 Å². The van der Waals surface area contributed by atoms with Crippen LogP contribution in [0.25, 0.3) is 0 Å². The van der Waals surface area contributed by atoms with E-state index in [0.717, 1.165) is 22.3 Å². The first-order valence-corrected chi connectivity index (χ1v) is 6.58. The molecular formula is C14H16BrN3. The molecule has 1 aromatic heterocycles. The molecule has 0 saturated heterocycles. The monoisotopic (exact) mass is 305 g/mol. The molecule has 2 N–H and O–H groups in total. The lowest BCUT2D eigenvalue weighted by atomic mass is 10.1. The summed E-state index contributed by atoms with van der Waals surface area (Å²) in [6.07, 6.45) is 3.62. The van der Waals surface area contributed by atoms with Crippen molar-refractivity contribution in [3.05, 3.63) is 58.3 Å². The van der Waals surface area contributed by atoms with Gasteiger partial charge < -0.3 is 10.6 Å². The predicted octanol–water partition coefficient (Wildman–Crippen LogP) is 2.94. The molecule has 0 saturated carbocycles. The first kappa shape index (κ1) is 13.1. The number of benzene rings is 1. The molecule has 2 rings (SSSR count). The summed E-state index contributed by atoms with van der Waals surface area (Å²) in [6, 6.07) is 10.3. The van der Waals surface area contributed by atoms with Crippen LogP contribution in [0.2, 0.25) is 0 Å². The average molecular weight is 306 g/mol. The molecule has 0 atom stereocenters. The highest BCUT2D eigenvalue weighted by molar-refractivity contribution is 9.10. The van der Waals surface area contributed by atoms with E-state index in [9.17, 15) is 0 Å². The minimum absolute atomic E-state index is 0.508. The van der Waals surface area contributed by atoms with Crippen LogP contribution in [0.3, 0.4) is 0 Å². The Morgan fingerprint density at radius 2 is 1.94 bits per heavy atom. The van der Waals surface area contributed by atoms with Gasteiger partial charge in [-0.15, -0.1) is 0 Å². The number of aromatic nitrogens is 1. The predicted molar refractivity (Wildman–Crippen MR) is 78.4 cm³/mol. The van der Waals surface area contributed by atoms with E-state index >= 15 is 0 Å². The van der Waals surface area contributed by atoms with Crippen LogP contribution in [0.1, 0.15) is 11.1 Å². The molecule has 0 spiro atoms. The summed E-state index contributed by atoms with van der Waals surface area (Å²) < 4.78 is 1.10. The first-order valence-electron chi connectivity index (χ1n) is 5.79. The van der Waals surface area contributed by atoms with Gasteiger partial charge in [0.25, 0.3) is 0 Å². The molecule has 4 heteroatoms. The zero-order valence-corrected chi connectivity index (χ0v) is 11.9. The maximum Gasteiger partial charge on any atom is 0.0443 e. The van der Waals surface area contributed by atoms with Crippen LogP contribution >= 0.6 is 15.9 Å². The van der Waals surface area contributed by atoms with Crippen LogP contribution in [-0.4, -0.2) is 12.0 Å². The Labute approximate surface area is 116 Å². The smallest absolute Gasteiger partial charge is 0.0443 e. The molecule has 1 heterocycles. The van der Waals surface area contributed by atoms with Gasteiger partial charge in [0.1, 0.15) is 0 Å². The summed E-state index contributed by atoms with van der Waals surface area (Å²) in [5.74, 6) is 0. The van der Waals surface area contributed by atoms with Crippen molar-refractivity contribution >= 4 is 21.6 Å². The zero-order chi connectivity index (χ0) is 13.0. The molecule has 0 radical (unpaired) electrons. The molecule has 0 aliphatic rings. The Bertz CT molecular complexity index is 511. The third-order valence-electron chi connectivity index (χ3n) is 2.84. The average Bonchev–Trinajstić information content (AvgIpc) is 2.41. The molecule has 0 fully saturated rings. The molecule has 0 aliphatic heterocycles. The van der Waals surface area contributed by atoms with Crippen molar-refractivity contribution < 1.29 is 0 Å². The number of hydrogen-bond acceptors (Lipinski definition) is 3. The zero-order valence-electron chi connectivity index (χ0n) is 10.3. The quantitative estimate of drug-likeness (QED) is 0.944. The van der Waals surface area contributed by atoms with Crippen molar-refractivity contribution in [3.8, 4) is 0 Å². The highest BCUT2D eigenvalue weighted by atomic mass is 79.9. The van der Waals surface area contributed by atoms with E-state index in [2.05, 4.69) is 57.1 Å². The van der Waals surface area contributed by atoms with Gasteiger partial charge in [-0.1, -0.05) is 28.1 Å². The number of anilines is 1. The minimum Gasteiger partial charge on any atom is -0.370 e. The van der Waals surface area contributed by atoms with Crippen LogP contribution in [0.4, 0.5) is 5.69 Å². The number of halogens is 1. The number of nitrogens with zero attached hydrogens (tertiary/aromatic N) is 2. The number of pyridine rings is 1. The summed E-state index contributed by atoms with van der Waals surface area (Å²) in [4.78, 5) is 6.29. The van der Waals surface area contributed by atoms with E-state index in [1.54, 1.807) is 6.20 Å². The lowest BCUT2D eigenvalue weighted by molar-refractivity contribution is 0.898. The maximum atomic E-state index is 5.73. The normalized spacial score (nSPS) is 10.4. The molecule has 0 amide bonds. The number of rotatable bonds is 4. The lowest BCUT2D eigenvalue weighted by Gasteiger charge is -2.21. The van der Waals surface area contributed by atoms with Crippen molar-refractivity contribution in [2.75, 3.05) is 11.9 Å². The largest absolute Gasteiger partial charge is 0.370 e. The molecule has 0 unspecified atom stereocenters. The van der Waals surface area contributed by atoms with Gasteiger partial charge in [0, 0.05) is 48.3 Å². The second-order valence-electron chi connectivity index (χ2n) is 4.19. The Kier molecular flexibility index (Phi) is 4.33. The van der Waals surface area contributed by atoms with Gasteiger partial charge >= 0.3 is 0 Å². The lowest BCUT2D eigenvalue weighted by Crippen LogP contribution is -2.19. The minimum atomic E-state index is 0.508. The number of hydrogen-bond donors (Lipinski definition) is 1. The fourth-order valence-corrected chi connectivity index (χ4v) is 2.16. The van der Waals surface area contributed by atoms with Crippen molar-refractivity contribution in [1.29, 1.82) is 0 Å². The van der Waals surface area contributed by atoms with Crippen molar-refractivity contribution in [3.63, 3.8) is 0 Å². The van der Waals surface area contributed by atoms with Gasteiger partial charge in [0.05, 0.1) is 0 Å². The fraction of sp³-hybridized carbons (Fsp3) is 0.214. The SMILES string of the molecule is CN(Cc1ccc(Br)cc1)c1ccncc1CN. The van der Waals surface area contributed by atoms with Gasteiger partial charge in [0.2, 0.25) is 0 Å². The second kappa shape index (κ2) is 5.98. The van der Waals surface area contributed by atoms with E-state index in [1.165, 1.54) is 5.56 Å². The third kappa shape index (κ3) is 3.09. The fourth-order valence-electron chi connectivity index (χ4n) is 1.90. The standard InChI is InChI=1S/C14H16BrN3/c1-18(10-11-2-4-13(15)5-3-11)14-6-7-17-9-12(14)8-16/h2-7,9H,8,10,16H2,1H3. The van der Waals surface area contributed by atoms with Gasteiger partial charge in [-0.05, 0) is 23.8 Å². The number of nitrogens with two attached hydrogens (primary N) is 1. The van der Waals surface area contributed by atoms with E-state index in [-0.39, 0.29) is 0 Å². The molecule has 3 nitrogen and oxygen atoms in total. The molecular weight excluding hydrogens is 290 g/mol. The van der Waals surface area contributed by atoms with Gasteiger partial charge in [0.15, 0.2) is 0 Å². The summed E-state index contributed by atoms with van der Waals surface area (Å²) >= 11 is 3.44. The molecule has 94 valence electrons. The van der Waals surface area contributed by atoms with Gasteiger partial charge in [-0.3, -0.25) is 4.98 Å². The highest BCUT2D eigenvalue weighted by Crippen LogP contribution is 2.20. The third-order valence-corrected chi connectivity index (χ3v) is 3.37. The molecule has 1 aromatic carbocycles. The van der Waals surface area contributed by atoms with Gasteiger partial charge in [-0.25, -0.2) is 0 Å². The van der Waals surface area contributed by atoms with E-state index in [0.29, 0.717) is 6.54 Å². The van der Waals surface area contributed by atoms with Crippen LogP contribution in [0.15, 0.2) is 47.2 Å². The second-order valence-corrected chi connectivity index (χ2v) is 5.11. The summed E-state index contributed by atoms with van der Waals surface area (Å²) in [5.41, 5.74) is 9.19. The van der Waals surface area contributed by atoms with Crippen LogP contribution in [0, 0.1) is 0 Å². The summed E-state index contributed by atoms with van der Waals surface area (Å²) in [6.45, 7) is 1.36. The van der Waals surface area contributed by atoms with Crippen LogP contribution < -0.4 is 10.6 Å². The maximum absolute atomic E-state index is 5.73. The highest BCUT2D eigenvalue weighted by Gasteiger charge is 2.06. The Morgan fingerprint density at radius 3 is 2.61 bits per heavy atom. The van der Waals surface area contributed by atoms with Crippen molar-refractivity contribution in [2.24, 2.45) is 5.73 Å². The van der Waals surface area contributed by atoms with Crippen LogP contribution in [0.5, 0.6) is 0 Å². The van der Waals surface area contributed by atoms with Crippen LogP contribution in [-0.2, 0) is 13.1 Å². The van der Waals surface area contributed by atoms with E-state index < -0.39 is 0 Å². The molecule has 2 aromatic rings. The Hall–Kier alpha value is -1.39. The Balaban J connectivity index is 2.16. The molecule has 0 aliphatic carbocycles. The van der Waals surface area contributed by atoms with E-state index in [4.69, 9.17) is 5.73 Å². The summed E-state index contributed by atoms with van der Waals surface area (Å²) in [5, 5.41) is 0. The van der Waals surface area contributed by atoms with Gasteiger partial charge in [-0.2, -0.15) is 0 Å². The Morgan fingerprint density at radius 1 is 1.22 bits per heavy atom. The first-order chi connectivity index (χ1) is 8.70. The molecule has 18 heavy (non-hydrogen) atoms. The van der Waals surface area contributed by atoms with Crippen molar-refractivity contribution in [1.82, 2.24) is 4.98 Å². The topological polar surface area (TPSA) is 42.2 Å². The summed E-state index contributed by atoms with van der Waals surface area (Å²) in [7, 11) is 2.07.